The molecule has 0 bridgehead atoms. The Hall–Kier alpha value is -1.49. The predicted molar refractivity (Wildman–Crippen MR) is 77.7 cm³/mol. The third-order valence-corrected chi connectivity index (χ3v) is 4.49. The molecule has 1 atom stereocenters. The van der Waals surface area contributed by atoms with Crippen molar-refractivity contribution in [2.75, 3.05) is 6.26 Å². The average Bonchev–Trinajstić information content (AvgIpc) is 2.59. The molecule has 2 aromatic heterocycles. The molecule has 0 fully saturated rings. The molecule has 0 aliphatic carbocycles. The SMILES string of the molecule is Cc1cc(C)c(-c2nn(C)c(S(C)=O)c2C)nc1C. The molecule has 0 aromatic carbocycles. The van der Waals surface area contributed by atoms with Gasteiger partial charge in [0, 0.05) is 24.6 Å². The van der Waals surface area contributed by atoms with E-state index in [2.05, 4.69) is 23.1 Å². The van der Waals surface area contributed by atoms with E-state index < -0.39 is 10.8 Å². The van der Waals surface area contributed by atoms with Crippen molar-refractivity contribution in [1.82, 2.24) is 14.8 Å². The normalized spacial score (nSPS) is 12.7. The molecule has 0 N–H and O–H groups in total. The molecule has 5 heteroatoms. The Labute approximate surface area is 116 Å². The summed E-state index contributed by atoms with van der Waals surface area (Å²) in [6.45, 7) is 8.03. The van der Waals surface area contributed by atoms with Gasteiger partial charge >= 0.3 is 0 Å². The smallest absolute Gasteiger partial charge is 0.128 e. The average molecular weight is 277 g/mol. The Bertz CT molecular complexity index is 674. The van der Waals surface area contributed by atoms with E-state index in [1.807, 2.05) is 27.8 Å². The van der Waals surface area contributed by atoms with Crippen LogP contribution in [0.15, 0.2) is 11.1 Å². The fourth-order valence-electron chi connectivity index (χ4n) is 2.32. The van der Waals surface area contributed by atoms with Crippen LogP contribution in [-0.2, 0) is 17.8 Å². The van der Waals surface area contributed by atoms with Crippen molar-refractivity contribution in [3.05, 3.63) is 28.5 Å². The predicted octanol–water partition coefficient (Wildman–Crippen LogP) is 2.45. The number of hydrogen-bond acceptors (Lipinski definition) is 3. The minimum absolute atomic E-state index is 0.759. The van der Waals surface area contributed by atoms with Crippen LogP contribution in [0.2, 0.25) is 0 Å². The van der Waals surface area contributed by atoms with E-state index in [0.29, 0.717) is 0 Å². The fraction of sp³-hybridized carbons (Fsp3) is 0.429. The highest BCUT2D eigenvalue weighted by Gasteiger charge is 2.19. The zero-order chi connectivity index (χ0) is 14.3. The van der Waals surface area contributed by atoms with Gasteiger partial charge in [-0.2, -0.15) is 5.10 Å². The van der Waals surface area contributed by atoms with Gasteiger partial charge in [0.1, 0.15) is 10.7 Å². The van der Waals surface area contributed by atoms with Crippen LogP contribution in [0.3, 0.4) is 0 Å². The molecule has 1 unspecified atom stereocenters. The molecule has 2 rings (SSSR count). The standard InChI is InChI=1S/C14H19N3OS/c1-8-7-9(2)12(15-11(8)4)13-10(3)14(19(6)18)17(5)16-13/h7H,1-6H3. The molecular weight excluding hydrogens is 258 g/mol. The van der Waals surface area contributed by atoms with E-state index in [1.165, 1.54) is 5.56 Å². The Morgan fingerprint density at radius 1 is 1.11 bits per heavy atom. The maximum atomic E-state index is 11.8. The third-order valence-electron chi connectivity index (χ3n) is 3.37. The largest absolute Gasteiger partial charge is 0.259 e. The lowest BCUT2D eigenvalue weighted by Crippen LogP contribution is -2.00. The van der Waals surface area contributed by atoms with Gasteiger partial charge in [0.2, 0.25) is 0 Å². The van der Waals surface area contributed by atoms with E-state index >= 15 is 0 Å². The van der Waals surface area contributed by atoms with Gasteiger partial charge in [-0.3, -0.25) is 13.9 Å². The maximum absolute atomic E-state index is 11.8. The number of aromatic nitrogens is 3. The Morgan fingerprint density at radius 2 is 1.74 bits per heavy atom. The van der Waals surface area contributed by atoms with Crippen LogP contribution in [0, 0.1) is 27.7 Å². The summed E-state index contributed by atoms with van der Waals surface area (Å²) in [5.74, 6) is 0. The summed E-state index contributed by atoms with van der Waals surface area (Å²) in [5.41, 5.74) is 5.93. The molecule has 0 amide bonds. The van der Waals surface area contributed by atoms with Gasteiger partial charge < -0.3 is 0 Å². The first-order valence-electron chi connectivity index (χ1n) is 6.15. The highest BCUT2D eigenvalue weighted by atomic mass is 32.2. The lowest BCUT2D eigenvalue weighted by atomic mass is 10.1. The van der Waals surface area contributed by atoms with Crippen molar-refractivity contribution >= 4 is 10.8 Å². The van der Waals surface area contributed by atoms with Crippen LogP contribution in [0.25, 0.3) is 11.4 Å². The summed E-state index contributed by atoms with van der Waals surface area (Å²) < 4.78 is 13.5. The summed E-state index contributed by atoms with van der Waals surface area (Å²) in [6.07, 6.45) is 1.68. The van der Waals surface area contributed by atoms with Crippen LogP contribution >= 0.6 is 0 Å². The molecule has 0 spiro atoms. The molecule has 0 saturated carbocycles. The van der Waals surface area contributed by atoms with E-state index in [1.54, 1.807) is 10.9 Å². The zero-order valence-corrected chi connectivity index (χ0v) is 13.1. The van der Waals surface area contributed by atoms with Crippen LogP contribution in [0.5, 0.6) is 0 Å². The van der Waals surface area contributed by atoms with Crippen molar-refractivity contribution < 1.29 is 4.21 Å². The Kier molecular flexibility index (Phi) is 3.58. The number of rotatable bonds is 2. The van der Waals surface area contributed by atoms with Gasteiger partial charge in [0.25, 0.3) is 0 Å². The van der Waals surface area contributed by atoms with Gasteiger partial charge in [-0.25, -0.2) is 0 Å². The van der Waals surface area contributed by atoms with Gasteiger partial charge in [-0.1, -0.05) is 6.07 Å². The number of nitrogens with zero attached hydrogens (tertiary/aromatic N) is 3. The molecule has 0 radical (unpaired) electrons. The highest BCUT2D eigenvalue weighted by Crippen LogP contribution is 2.28. The number of aryl methyl sites for hydroxylation is 4. The first-order chi connectivity index (χ1) is 8.82. The van der Waals surface area contributed by atoms with Crippen molar-refractivity contribution in [3.8, 4) is 11.4 Å². The minimum atomic E-state index is -1.05. The second-order valence-electron chi connectivity index (χ2n) is 4.91. The molecule has 19 heavy (non-hydrogen) atoms. The van der Waals surface area contributed by atoms with Gasteiger partial charge in [0.05, 0.1) is 16.5 Å². The van der Waals surface area contributed by atoms with Crippen molar-refractivity contribution in [1.29, 1.82) is 0 Å². The first kappa shape index (κ1) is 13.9. The van der Waals surface area contributed by atoms with Crippen LogP contribution < -0.4 is 0 Å². The summed E-state index contributed by atoms with van der Waals surface area (Å²) in [7, 11) is 0.774. The molecule has 102 valence electrons. The minimum Gasteiger partial charge on any atom is -0.259 e. The fourth-order valence-corrected chi connectivity index (χ4v) is 3.26. The summed E-state index contributed by atoms with van der Waals surface area (Å²) in [4.78, 5) is 4.64. The molecule has 2 aromatic rings. The van der Waals surface area contributed by atoms with E-state index in [-0.39, 0.29) is 0 Å². The van der Waals surface area contributed by atoms with Crippen LogP contribution in [-0.4, -0.2) is 25.2 Å². The van der Waals surface area contributed by atoms with Crippen molar-refractivity contribution in [2.45, 2.75) is 32.7 Å². The second kappa shape index (κ2) is 4.89. The third kappa shape index (κ3) is 2.34. The number of hydrogen-bond donors (Lipinski definition) is 0. The zero-order valence-electron chi connectivity index (χ0n) is 12.2. The highest BCUT2D eigenvalue weighted by molar-refractivity contribution is 7.84. The van der Waals surface area contributed by atoms with Crippen molar-refractivity contribution in [3.63, 3.8) is 0 Å². The quantitative estimate of drug-likeness (QED) is 0.847. The molecule has 4 nitrogen and oxygen atoms in total. The lowest BCUT2D eigenvalue weighted by molar-refractivity contribution is 0.654. The van der Waals surface area contributed by atoms with Crippen LogP contribution in [0.1, 0.15) is 22.4 Å². The van der Waals surface area contributed by atoms with Gasteiger partial charge in [-0.15, -0.1) is 0 Å². The lowest BCUT2D eigenvalue weighted by Gasteiger charge is -2.07. The Balaban J connectivity index is 2.70. The molecular formula is C14H19N3OS. The first-order valence-corrected chi connectivity index (χ1v) is 7.71. The summed E-state index contributed by atoms with van der Waals surface area (Å²) in [5, 5.41) is 5.25. The molecule has 0 aliphatic rings. The monoisotopic (exact) mass is 277 g/mol. The second-order valence-corrected chi connectivity index (χ2v) is 6.21. The van der Waals surface area contributed by atoms with E-state index in [4.69, 9.17) is 0 Å². The van der Waals surface area contributed by atoms with Gasteiger partial charge in [-0.05, 0) is 38.8 Å². The molecule has 2 heterocycles. The summed E-state index contributed by atoms with van der Waals surface area (Å²) in [6, 6.07) is 2.12. The molecule has 0 aliphatic heterocycles. The van der Waals surface area contributed by atoms with Crippen LogP contribution in [0.4, 0.5) is 0 Å². The maximum Gasteiger partial charge on any atom is 0.128 e. The molecule has 0 saturated heterocycles. The Morgan fingerprint density at radius 3 is 2.26 bits per heavy atom. The van der Waals surface area contributed by atoms with E-state index in [0.717, 1.165) is 33.2 Å². The number of pyridine rings is 1. The van der Waals surface area contributed by atoms with E-state index in [9.17, 15) is 4.21 Å². The summed E-state index contributed by atoms with van der Waals surface area (Å²) >= 11 is 0. The van der Waals surface area contributed by atoms with Gasteiger partial charge in [0.15, 0.2) is 0 Å². The van der Waals surface area contributed by atoms with Crippen molar-refractivity contribution in [2.24, 2.45) is 7.05 Å². The topological polar surface area (TPSA) is 47.8 Å².